The third-order valence-electron chi connectivity index (χ3n) is 3.77. The Morgan fingerprint density at radius 1 is 1.04 bits per heavy atom. The molecule has 0 saturated heterocycles. The number of phenols is 1. The Balaban J connectivity index is 1.70. The molecule has 142 valence electrons. The van der Waals surface area contributed by atoms with E-state index in [0.717, 1.165) is 5.56 Å². The maximum absolute atomic E-state index is 12.1. The molecule has 0 aliphatic rings. The summed E-state index contributed by atoms with van der Waals surface area (Å²) in [7, 11) is 0. The highest BCUT2D eigenvalue weighted by Crippen LogP contribution is 2.23. The Labute approximate surface area is 172 Å². The number of ether oxygens (including phenoxy) is 1. The Morgan fingerprint density at radius 3 is 2.61 bits per heavy atom. The van der Waals surface area contributed by atoms with Gasteiger partial charge in [0.25, 0.3) is 5.91 Å². The number of phenolic OH excluding ortho intramolecular Hbond substituents is 1. The van der Waals surface area contributed by atoms with E-state index in [2.05, 4.69) is 10.5 Å². The lowest BCUT2D eigenvalue weighted by molar-refractivity contribution is 0.0952. The predicted molar refractivity (Wildman–Crippen MR) is 110 cm³/mol. The minimum absolute atomic E-state index is 0.122. The van der Waals surface area contributed by atoms with Gasteiger partial charge in [0, 0.05) is 15.6 Å². The fourth-order valence-electron chi connectivity index (χ4n) is 2.43. The molecule has 0 aromatic heterocycles. The summed E-state index contributed by atoms with van der Waals surface area (Å²) in [5.74, 6) is -0.105. The maximum Gasteiger partial charge on any atom is 0.275 e. The average Bonchev–Trinajstić information content (AvgIpc) is 2.67. The molecule has 2 N–H and O–H groups in total. The number of carbonyl (C=O) groups is 1. The highest BCUT2D eigenvalue weighted by atomic mass is 35.5. The molecule has 0 unspecified atom stereocenters. The summed E-state index contributed by atoms with van der Waals surface area (Å²) in [5, 5.41) is 14.8. The molecule has 0 saturated carbocycles. The van der Waals surface area contributed by atoms with E-state index < -0.39 is 5.91 Å². The van der Waals surface area contributed by atoms with E-state index in [4.69, 9.17) is 27.9 Å². The number of nitrogens with zero attached hydrogens (tertiary/aromatic N) is 1. The van der Waals surface area contributed by atoms with Gasteiger partial charge in [0.05, 0.1) is 11.8 Å². The van der Waals surface area contributed by atoms with Crippen LogP contribution in [0.2, 0.25) is 10.0 Å². The van der Waals surface area contributed by atoms with Gasteiger partial charge in [-0.15, -0.1) is 0 Å². The van der Waals surface area contributed by atoms with Crippen LogP contribution >= 0.6 is 23.2 Å². The number of amides is 1. The summed E-state index contributed by atoms with van der Waals surface area (Å²) in [5.41, 5.74) is 4.00. The molecule has 0 heterocycles. The second kappa shape index (κ2) is 9.26. The van der Waals surface area contributed by atoms with Crippen molar-refractivity contribution in [1.29, 1.82) is 0 Å². The number of para-hydroxylation sites is 1. The summed E-state index contributed by atoms with van der Waals surface area (Å²) in [4.78, 5) is 12.1. The van der Waals surface area contributed by atoms with Crippen LogP contribution in [0.25, 0.3) is 0 Å². The van der Waals surface area contributed by atoms with Crippen molar-refractivity contribution < 1.29 is 14.6 Å². The molecule has 0 radical (unpaired) electrons. The van der Waals surface area contributed by atoms with Crippen molar-refractivity contribution in [3.05, 3.63) is 93.5 Å². The average molecular weight is 415 g/mol. The third kappa shape index (κ3) is 5.25. The first-order valence-electron chi connectivity index (χ1n) is 8.31. The number of benzene rings is 3. The van der Waals surface area contributed by atoms with Crippen LogP contribution in [-0.4, -0.2) is 17.2 Å². The van der Waals surface area contributed by atoms with Crippen LogP contribution in [0.3, 0.4) is 0 Å². The quantitative estimate of drug-likeness (QED) is 0.438. The molecular formula is C21H16Cl2N2O3. The molecule has 0 fully saturated rings. The summed E-state index contributed by atoms with van der Waals surface area (Å²) in [6.45, 7) is 0.313. The van der Waals surface area contributed by atoms with Crippen LogP contribution in [0, 0.1) is 0 Å². The first-order valence-corrected chi connectivity index (χ1v) is 9.07. The largest absolute Gasteiger partial charge is 0.507 e. The topological polar surface area (TPSA) is 70.9 Å². The summed E-state index contributed by atoms with van der Waals surface area (Å²) in [6.07, 6.45) is 1.43. The van der Waals surface area contributed by atoms with Crippen molar-refractivity contribution in [3.8, 4) is 11.5 Å². The van der Waals surface area contributed by atoms with Crippen molar-refractivity contribution in [2.24, 2.45) is 5.10 Å². The molecule has 28 heavy (non-hydrogen) atoms. The van der Waals surface area contributed by atoms with Crippen molar-refractivity contribution in [2.45, 2.75) is 6.61 Å². The van der Waals surface area contributed by atoms with Gasteiger partial charge in [0.2, 0.25) is 0 Å². The maximum atomic E-state index is 12.1. The van der Waals surface area contributed by atoms with Crippen LogP contribution in [0.4, 0.5) is 0 Å². The standard InChI is InChI=1S/C21H16Cl2N2O3/c22-16-5-3-4-14(10-16)13-28-20-9-8-17(23)11-15(20)12-24-25-21(27)18-6-1-2-7-19(18)26/h1-12,26H,13H2,(H,25,27)/b24-12-. The van der Waals surface area contributed by atoms with Crippen LogP contribution in [-0.2, 0) is 6.61 Å². The highest BCUT2D eigenvalue weighted by molar-refractivity contribution is 6.31. The molecule has 0 aliphatic carbocycles. The zero-order valence-electron chi connectivity index (χ0n) is 14.6. The van der Waals surface area contributed by atoms with E-state index >= 15 is 0 Å². The summed E-state index contributed by atoms with van der Waals surface area (Å²) < 4.78 is 5.83. The van der Waals surface area contributed by atoms with Crippen LogP contribution < -0.4 is 10.2 Å². The van der Waals surface area contributed by atoms with E-state index in [-0.39, 0.29) is 11.3 Å². The number of hydrogen-bond donors (Lipinski definition) is 2. The lowest BCUT2D eigenvalue weighted by atomic mass is 10.2. The monoisotopic (exact) mass is 414 g/mol. The molecule has 0 bridgehead atoms. The van der Waals surface area contributed by atoms with Gasteiger partial charge in [-0.1, -0.05) is 47.5 Å². The number of halogens is 2. The minimum Gasteiger partial charge on any atom is -0.507 e. The van der Waals surface area contributed by atoms with Gasteiger partial charge in [0.15, 0.2) is 0 Å². The van der Waals surface area contributed by atoms with Gasteiger partial charge < -0.3 is 9.84 Å². The summed E-state index contributed by atoms with van der Waals surface area (Å²) in [6, 6.07) is 18.7. The van der Waals surface area contributed by atoms with E-state index in [1.165, 1.54) is 18.3 Å². The van der Waals surface area contributed by atoms with Gasteiger partial charge in [-0.05, 0) is 48.0 Å². The lowest BCUT2D eigenvalue weighted by Gasteiger charge is -2.10. The molecule has 0 atom stereocenters. The smallest absolute Gasteiger partial charge is 0.275 e. The first-order chi connectivity index (χ1) is 13.5. The summed E-state index contributed by atoms with van der Waals surface area (Å²) >= 11 is 12.0. The Morgan fingerprint density at radius 2 is 1.82 bits per heavy atom. The second-order valence-corrected chi connectivity index (χ2v) is 6.69. The molecule has 0 aliphatic heterocycles. The molecule has 3 aromatic rings. The fourth-order valence-corrected chi connectivity index (χ4v) is 2.82. The molecule has 7 heteroatoms. The number of hydrazone groups is 1. The van der Waals surface area contributed by atoms with Crippen LogP contribution in [0.15, 0.2) is 71.8 Å². The fraction of sp³-hybridized carbons (Fsp3) is 0.0476. The normalized spacial score (nSPS) is 10.8. The van der Waals surface area contributed by atoms with Gasteiger partial charge in [-0.25, -0.2) is 5.43 Å². The van der Waals surface area contributed by atoms with Crippen LogP contribution in [0.5, 0.6) is 11.5 Å². The molecule has 3 rings (SSSR count). The number of rotatable bonds is 6. The van der Waals surface area contributed by atoms with E-state index in [1.54, 1.807) is 36.4 Å². The van der Waals surface area contributed by atoms with Gasteiger partial charge in [0.1, 0.15) is 18.1 Å². The first kappa shape index (κ1) is 19.7. The Bertz CT molecular complexity index is 1020. The predicted octanol–water partition coefficient (Wildman–Crippen LogP) is 5.04. The zero-order chi connectivity index (χ0) is 19.9. The van der Waals surface area contributed by atoms with Crippen molar-refractivity contribution in [1.82, 2.24) is 5.43 Å². The number of aromatic hydroxyl groups is 1. The highest BCUT2D eigenvalue weighted by Gasteiger charge is 2.09. The molecule has 5 nitrogen and oxygen atoms in total. The van der Waals surface area contributed by atoms with Crippen molar-refractivity contribution in [2.75, 3.05) is 0 Å². The zero-order valence-corrected chi connectivity index (χ0v) is 16.1. The lowest BCUT2D eigenvalue weighted by Crippen LogP contribution is -2.17. The van der Waals surface area contributed by atoms with E-state index in [1.807, 2.05) is 18.2 Å². The van der Waals surface area contributed by atoms with Gasteiger partial charge in [-0.3, -0.25) is 4.79 Å². The Kier molecular flexibility index (Phi) is 6.53. The number of carbonyl (C=O) groups excluding carboxylic acids is 1. The molecule has 3 aromatic carbocycles. The van der Waals surface area contributed by atoms with Crippen LogP contribution in [0.1, 0.15) is 21.5 Å². The SMILES string of the molecule is O=C(N/N=C\c1cc(Cl)ccc1OCc1cccc(Cl)c1)c1ccccc1O. The second-order valence-electron chi connectivity index (χ2n) is 5.82. The number of nitrogens with one attached hydrogen (secondary N) is 1. The van der Waals surface area contributed by atoms with E-state index in [9.17, 15) is 9.90 Å². The van der Waals surface area contributed by atoms with Crippen molar-refractivity contribution in [3.63, 3.8) is 0 Å². The third-order valence-corrected chi connectivity index (χ3v) is 4.24. The van der Waals surface area contributed by atoms with Gasteiger partial charge >= 0.3 is 0 Å². The molecule has 1 amide bonds. The Hall–Kier alpha value is -3.02. The van der Waals surface area contributed by atoms with Crippen molar-refractivity contribution >= 4 is 35.3 Å². The van der Waals surface area contributed by atoms with Gasteiger partial charge in [-0.2, -0.15) is 5.10 Å². The number of hydrogen-bond acceptors (Lipinski definition) is 4. The van der Waals surface area contributed by atoms with E-state index in [0.29, 0.717) is 28.0 Å². The molecule has 0 spiro atoms. The minimum atomic E-state index is -0.530. The molecular weight excluding hydrogens is 399 g/mol.